The van der Waals surface area contributed by atoms with Gasteiger partial charge in [0.25, 0.3) is 0 Å². The van der Waals surface area contributed by atoms with Crippen LogP contribution in [0.5, 0.6) is 5.75 Å². The van der Waals surface area contributed by atoms with Crippen molar-refractivity contribution in [1.29, 1.82) is 0 Å². The van der Waals surface area contributed by atoms with E-state index in [9.17, 15) is 13.2 Å². The maximum Gasteiger partial charge on any atom is 0.240 e. The lowest BCUT2D eigenvalue weighted by molar-refractivity contribution is -0.116. The third-order valence-electron chi connectivity index (χ3n) is 3.61. The summed E-state index contributed by atoms with van der Waals surface area (Å²) in [6.45, 7) is 2.49. The van der Waals surface area contributed by atoms with Crippen molar-refractivity contribution in [3.05, 3.63) is 48.5 Å². The Morgan fingerprint density at radius 1 is 1.19 bits per heavy atom. The summed E-state index contributed by atoms with van der Waals surface area (Å²) < 4.78 is 33.0. The average molecular weight is 406 g/mol. The van der Waals surface area contributed by atoms with Crippen LogP contribution in [-0.2, 0) is 14.8 Å². The molecule has 1 amide bonds. The lowest BCUT2D eigenvalue weighted by Gasteiger charge is -2.06. The molecule has 27 heavy (non-hydrogen) atoms. The predicted octanol–water partition coefficient (Wildman–Crippen LogP) is 3.00. The standard InChI is InChI=1S/C18H19N3O4S2/c1-2-25-13-8-9-15-16(12-13)26-18(20-15)21-17(22)10-11-19-27(23,24)14-6-4-3-5-7-14/h3-9,12,19H,2,10-11H2,1H3,(H,20,21,22). The van der Waals surface area contributed by atoms with Gasteiger partial charge in [0.1, 0.15) is 5.75 Å². The minimum Gasteiger partial charge on any atom is -0.494 e. The van der Waals surface area contributed by atoms with Crippen molar-refractivity contribution in [3.63, 3.8) is 0 Å². The first-order valence-corrected chi connectivity index (χ1v) is 10.7. The monoisotopic (exact) mass is 405 g/mol. The minimum absolute atomic E-state index is 0.00242. The van der Waals surface area contributed by atoms with Gasteiger partial charge in [-0.2, -0.15) is 0 Å². The largest absolute Gasteiger partial charge is 0.494 e. The van der Waals surface area contributed by atoms with Gasteiger partial charge in [-0.15, -0.1) is 0 Å². The molecule has 2 N–H and O–H groups in total. The van der Waals surface area contributed by atoms with Gasteiger partial charge >= 0.3 is 0 Å². The Kier molecular flexibility index (Phi) is 6.04. The van der Waals surface area contributed by atoms with E-state index in [1.54, 1.807) is 18.2 Å². The Bertz CT molecular complexity index is 1030. The number of nitrogens with one attached hydrogen (secondary N) is 2. The maximum absolute atomic E-state index is 12.1. The molecule has 1 aromatic heterocycles. The average Bonchev–Trinajstić information content (AvgIpc) is 3.04. The fraction of sp³-hybridized carbons (Fsp3) is 0.222. The topological polar surface area (TPSA) is 97.4 Å². The molecular formula is C18H19N3O4S2. The maximum atomic E-state index is 12.1. The van der Waals surface area contributed by atoms with E-state index in [1.165, 1.54) is 23.5 Å². The zero-order chi connectivity index (χ0) is 19.3. The highest BCUT2D eigenvalue weighted by molar-refractivity contribution is 7.89. The van der Waals surface area contributed by atoms with Crippen LogP contribution >= 0.6 is 11.3 Å². The van der Waals surface area contributed by atoms with E-state index in [0.717, 1.165) is 16.0 Å². The zero-order valence-electron chi connectivity index (χ0n) is 14.6. The summed E-state index contributed by atoms with van der Waals surface area (Å²) in [7, 11) is -3.62. The molecule has 0 aliphatic heterocycles. The molecule has 0 aliphatic rings. The van der Waals surface area contributed by atoms with Crippen molar-refractivity contribution in [1.82, 2.24) is 9.71 Å². The number of benzene rings is 2. The van der Waals surface area contributed by atoms with E-state index in [2.05, 4.69) is 15.0 Å². The zero-order valence-corrected chi connectivity index (χ0v) is 16.3. The van der Waals surface area contributed by atoms with E-state index in [-0.39, 0.29) is 23.8 Å². The number of nitrogens with zero attached hydrogens (tertiary/aromatic N) is 1. The smallest absolute Gasteiger partial charge is 0.240 e. The minimum atomic E-state index is -3.62. The van der Waals surface area contributed by atoms with Crippen LogP contribution in [0.2, 0.25) is 0 Å². The second-order valence-electron chi connectivity index (χ2n) is 5.59. The second-order valence-corrected chi connectivity index (χ2v) is 8.39. The summed E-state index contributed by atoms with van der Waals surface area (Å²) in [4.78, 5) is 16.6. The molecule has 9 heteroatoms. The molecular weight excluding hydrogens is 386 g/mol. The number of anilines is 1. The summed E-state index contributed by atoms with van der Waals surface area (Å²) in [5, 5.41) is 3.17. The Morgan fingerprint density at radius 2 is 1.96 bits per heavy atom. The van der Waals surface area contributed by atoms with Gasteiger partial charge in [-0.25, -0.2) is 18.1 Å². The van der Waals surface area contributed by atoms with Crippen LogP contribution in [0, 0.1) is 0 Å². The summed E-state index contributed by atoms with van der Waals surface area (Å²) >= 11 is 1.34. The third-order valence-corrected chi connectivity index (χ3v) is 6.03. The summed E-state index contributed by atoms with van der Waals surface area (Å²) in [5.74, 6) is 0.441. The molecule has 3 rings (SSSR count). The molecule has 2 aromatic carbocycles. The van der Waals surface area contributed by atoms with Gasteiger partial charge in [0.2, 0.25) is 15.9 Å². The molecule has 0 atom stereocenters. The van der Waals surface area contributed by atoms with Gasteiger partial charge in [-0.05, 0) is 37.3 Å². The van der Waals surface area contributed by atoms with Crippen molar-refractivity contribution in [2.75, 3.05) is 18.5 Å². The van der Waals surface area contributed by atoms with E-state index >= 15 is 0 Å². The Labute approximate surface area is 161 Å². The summed E-state index contributed by atoms with van der Waals surface area (Å²) in [5.41, 5.74) is 0.767. The van der Waals surface area contributed by atoms with Gasteiger partial charge < -0.3 is 10.1 Å². The van der Waals surface area contributed by atoms with E-state index in [4.69, 9.17) is 4.74 Å². The number of thiazole rings is 1. The van der Waals surface area contributed by atoms with Crippen LogP contribution in [0.1, 0.15) is 13.3 Å². The quantitative estimate of drug-likeness (QED) is 0.600. The van der Waals surface area contributed by atoms with Gasteiger partial charge in [-0.3, -0.25) is 4.79 Å². The third kappa shape index (κ3) is 5.03. The number of amides is 1. The fourth-order valence-corrected chi connectivity index (χ4v) is 4.34. The number of sulfonamides is 1. The lowest BCUT2D eigenvalue weighted by atomic mass is 10.3. The molecule has 0 saturated carbocycles. The summed E-state index contributed by atoms with van der Waals surface area (Å²) in [6, 6.07) is 13.6. The number of hydrogen-bond acceptors (Lipinski definition) is 6. The van der Waals surface area contributed by atoms with Crippen LogP contribution in [-0.4, -0.2) is 32.5 Å². The van der Waals surface area contributed by atoms with Gasteiger partial charge in [0, 0.05) is 13.0 Å². The molecule has 0 spiro atoms. The first-order valence-electron chi connectivity index (χ1n) is 8.36. The van der Waals surface area contributed by atoms with E-state index in [1.807, 2.05) is 25.1 Å². The van der Waals surface area contributed by atoms with Crippen molar-refractivity contribution in [2.45, 2.75) is 18.2 Å². The SMILES string of the molecule is CCOc1ccc2nc(NC(=O)CCNS(=O)(=O)c3ccccc3)sc2c1. The molecule has 142 valence electrons. The number of ether oxygens (including phenoxy) is 1. The fourth-order valence-electron chi connectivity index (χ4n) is 2.38. The molecule has 0 fully saturated rings. The highest BCUT2D eigenvalue weighted by Crippen LogP contribution is 2.29. The van der Waals surface area contributed by atoms with Crippen LogP contribution in [0.25, 0.3) is 10.2 Å². The molecule has 0 aliphatic carbocycles. The first-order chi connectivity index (χ1) is 13.0. The molecule has 3 aromatic rings. The first kappa shape index (κ1) is 19.3. The van der Waals surface area contributed by atoms with Crippen molar-refractivity contribution < 1.29 is 17.9 Å². The summed E-state index contributed by atoms with van der Waals surface area (Å²) in [6.07, 6.45) is 0.00614. The molecule has 0 radical (unpaired) electrons. The highest BCUT2D eigenvalue weighted by atomic mass is 32.2. The Hall–Kier alpha value is -2.49. The van der Waals surface area contributed by atoms with Crippen LogP contribution in [0.4, 0.5) is 5.13 Å². The number of aromatic nitrogens is 1. The van der Waals surface area contributed by atoms with Crippen molar-refractivity contribution in [3.8, 4) is 5.75 Å². The predicted molar refractivity (Wildman–Crippen MR) is 106 cm³/mol. The number of carbonyl (C=O) groups is 1. The second kappa shape index (κ2) is 8.47. The van der Waals surface area contributed by atoms with Crippen molar-refractivity contribution >= 4 is 42.6 Å². The number of carbonyl (C=O) groups excluding carboxylic acids is 1. The van der Waals surface area contributed by atoms with Gasteiger partial charge in [-0.1, -0.05) is 29.5 Å². The van der Waals surface area contributed by atoms with Gasteiger partial charge in [0.15, 0.2) is 5.13 Å². The molecule has 0 saturated heterocycles. The molecule has 0 bridgehead atoms. The van der Waals surface area contributed by atoms with Crippen LogP contribution in [0.15, 0.2) is 53.4 Å². The molecule has 0 unspecified atom stereocenters. The van der Waals surface area contributed by atoms with E-state index in [0.29, 0.717) is 11.7 Å². The van der Waals surface area contributed by atoms with Crippen LogP contribution in [0.3, 0.4) is 0 Å². The van der Waals surface area contributed by atoms with Crippen LogP contribution < -0.4 is 14.8 Å². The molecule has 1 heterocycles. The normalized spacial score (nSPS) is 11.4. The lowest BCUT2D eigenvalue weighted by Crippen LogP contribution is -2.27. The number of fused-ring (bicyclic) bond motifs is 1. The van der Waals surface area contributed by atoms with E-state index < -0.39 is 10.0 Å². The highest BCUT2D eigenvalue weighted by Gasteiger charge is 2.14. The van der Waals surface area contributed by atoms with Gasteiger partial charge in [0.05, 0.1) is 21.7 Å². The van der Waals surface area contributed by atoms with Crippen molar-refractivity contribution in [2.24, 2.45) is 0 Å². The Morgan fingerprint density at radius 3 is 2.70 bits per heavy atom. The number of rotatable bonds is 8. The number of hydrogen-bond donors (Lipinski definition) is 2. The molecule has 7 nitrogen and oxygen atoms in total. The Balaban J connectivity index is 1.55.